The smallest absolute Gasteiger partial charge is 0.222 e. The lowest BCUT2D eigenvalue weighted by Crippen LogP contribution is -2.37. The lowest BCUT2D eigenvalue weighted by molar-refractivity contribution is -0.131. The van der Waals surface area contributed by atoms with Gasteiger partial charge in [0.05, 0.1) is 31.4 Å². The molecule has 3 fully saturated rings. The molecule has 172 valence electrons. The third-order valence-electron chi connectivity index (χ3n) is 7.04. The van der Waals surface area contributed by atoms with Gasteiger partial charge in [0.2, 0.25) is 11.8 Å². The number of nitrogens with one attached hydrogen (secondary N) is 1. The number of amides is 2. The van der Waals surface area contributed by atoms with Crippen LogP contribution in [-0.2, 0) is 32.7 Å². The molecule has 3 aliphatic rings. The Morgan fingerprint density at radius 2 is 2.10 bits per heavy atom. The summed E-state index contributed by atoms with van der Waals surface area (Å²) in [5.74, 6) is 0.620. The third-order valence-corrected chi connectivity index (χ3v) is 7.04. The first-order chi connectivity index (χ1) is 15.1. The van der Waals surface area contributed by atoms with E-state index in [0.29, 0.717) is 32.6 Å². The van der Waals surface area contributed by atoms with Gasteiger partial charge in [-0.1, -0.05) is 0 Å². The minimum atomic E-state index is -0.152. The summed E-state index contributed by atoms with van der Waals surface area (Å²) in [7, 11) is 3.57. The minimum Gasteiger partial charge on any atom is -0.383 e. The van der Waals surface area contributed by atoms with Crippen molar-refractivity contribution >= 4 is 11.8 Å². The van der Waals surface area contributed by atoms with Gasteiger partial charge >= 0.3 is 0 Å². The number of likely N-dealkylation sites (tertiary alicyclic amines) is 2. The summed E-state index contributed by atoms with van der Waals surface area (Å²) in [5.41, 5.74) is 1.14. The summed E-state index contributed by atoms with van der Waals surface area (Å²) in [5, 5.41) is 7.19. The molecule has 1 aromatic heterocycles. The quantitative estimate of drug-likeness (QED) is 0.567. The molecule has 4 atom stereocenters. The maximum absolute atomic E-state index is 12.9. The van der Waals surface area contributed by atoms with Gasteiger partial charge < -0.3 is 19.7 Å². The molecule has 0 aliphatic carbocycles. The number of fused-ring (bicyclic) bond motifs is 1. The average Bonchev–Trinajstić information content (AvgIpc) is 3.52. The third kappa shape index (κ3) is 5.10. The Labute approximate surface area is 184 Å². The van der Waals surface area contributed by atoms with E-state index in [-0.39, 0.29) is 35.8 Å². The predicted molar refractivity (Wildman–Crippen MR) is 114 cm³/mol. The molecule has 1 N–H and O–H groups in total. The molecule has 0 saturated carbocycles. The van der Waals surface area contributed by atoms with Gasteiger partial charge in [-0.05, 0) is 24.8 Å². The van der Waals surface area contributed by atoms with E-state index < -0.39 is 0 Å². The number of nitrogens with zero attached hydrogens (tertiary/aromatic N) is 4. The van der Waals surface area contributed by atoms with E-state index in [1.807, 2.05) is 28.9 Å². The number of hydrogen-bond acceptors (Lipinski definition) is 6. The van der Waals surface area contributed by atoms with Gasteiger partial charge in [-0.15, -0.1) is 0 Å². The molecule has 0 aromatic carbocycles. The zero-order chi connectivity index (χ0) is 21.8. The maximum atomic E-state index is 12.9. The van der Waals surface area contributed by atoms with Crippen molar-refractivity contribution in [3.05, 3.63) is 18.0 Å². The first kappa shape index (κ1) is 22.2. The Morgan fingerprint density at radius 3 is 2.81 bits per heavy atom. The van der Waals surface area contributed by atoms with Crippen LogP contribution in [0.25, 0.3) is 0 Å². The topological polar surface area (TPSA) is 88.9 Å². The molecule has 4 rings (SSSR count). The van der Waals surface area contributed by atoms with Crippen LogP contribution in [0.1, 0.15) is 31.4 Å². The zero-order valence-electron chi connectivity index (χ0n) is 18.7. The number of aromatic nitrogens is 2. The molecule has 9 nitrogen and oxygen atoms in total. The summed E-state index contributed by atoms with van der Waals surface area (Å²) >= 11 is 0. The van der Waals surface area contributed by atoms with Crippen LogP contribution in [0.4, 0.5) is 0 Å². The number of aryl methyl sites for hydroxylation is 1. The molecular formula is C22H35N5O4. The number of hydrogen-bond donors (Lipinski definition) is 1. The molecule has 1 aromatic rings. The average molecular weight is 434 g/mol. The van der Waals surface area contributed by atoms with Gasteiger partial charge in [-0.3, -0.25) is 19.2 Å². The van der Waals surface area contributed by atoms with E-state index in [9.17, 15) is 9.59 Å². The standard InChI is InChI=1S/C22H35N5O4/c1-25-17(5-6-24-25)14-27-13-16(11-21(29)26-8-3-4-9-26)22-18(27)15-31-19(22)12-20(28)23-7-10-30-2/h5-6,16,18-19,22H,3-4,7-15H2,1-2H3,(H,23,28)/t16-,18-,19+,22-/m1/s1. The first-order valence-electron chi connectivity index (χ1n) is 11.4. The van der Waals surface area contributed by atoms with Crippen LogP contribution < -0.4 is 5.32 Å². The Morgan fingerprint density at radius 1 is 1.29 bits per heavy atom. The zero-order valence-corrected chi connectivity index (χ0v) is 18.7. The summed E-state index contributed by atoms with van der Waals surface area (Å²) in [6.07, 6.45) is 4.73. The van der Waals surface area contributed by atoms with Gasteiger partial charge in [-0.2, -0.15) is 5.10 Å². The van der Waals surface area contributed by atoms with Crippen molar-refractivity contribution in [2.75, 3.05) is 46.5 Å². The van der Waals surface area contributed by atoms with Crippen molar-refractivity contribution in [2.45, 2.75) is 44.4 Å². The van der Waals surface area contributed by atoms with Gasteiger partial charge in [0.15, 0.2) is 0 Å². The number of ether oxygens (including phenoxy) is 2. The predicted octanol–water partition coefficient (Wildman–Crippen LogP) is 0.401. The van der Waals surface area contributed by atoms with E-state index in [1.165, 1.54) is 0 Å². The van der Waals surface area contributed by atoms with Crippen LogP contribution in [0.5, 0.6) is 0 Å². The number of carbonyl (C=O) groups is 2. The number of methoxy groups -OCH3 is 1. The number of carbonyl (C=O) groups excluding carboxylic acids is 2. The van der Waals surface area contributed by atoms with Gasteiger partial charge in [0.25, 0.3) is 0 Å². The van der Waals surface area contributed by atoms with Gasteiger partial charge in [0, 0.05) is 71.5 Å². The summed E-state index contributed by atoms with van der Waals surface area (Å²) in [6, 6.07) is 2.26. The molecular weight excluding hydrogens is 398 g/mol. The van der Waals surface area contributed by atoms with Crippen LogP contribution in [0.2, 0.25) is 0 Å². The lowest BCUT2D eigenvalue weighted by Gasteiger charge is -2.24. The van der Waals surface area contributed by atoms with E-state index >= 15 is 0 Å². The van der Waals surface area contributed by atoms with Gasteiger partial charge in [0.1, 0.15) is 0 Å². The molecule has 4 heterocycles. The van der Waals surface area contributed by atoms with Crippen LogP contribution in [0.15, 0.2) is 12.3 Å². The van der Waals surface area contributed by atoms with Crippen LogP contribution in [0, 0.1) is 11.8 Å². The van der Waals surface area contributed by atoms with Crippen molar-refractivity contribution in [2.24, 2.45) is 18.9 Å². The number of rotatable bonds is 9. The van der Waals surface area contributed by atoms with E-state index in [1.54, 1.807) is 7.11 Å². The minimum absolute atomic E-state index is 0.0163. The molecule has 2 amide bonds. The second-order valence-electron chi connectivity index (χ2n) is 8.99. The largest absolute Gasteiger partial charge is 0.383 e. The second-order valence-corrected chi connectivity index (χ2v) is 8.99. The Bertz CT molecular complexity index is 763. The maximum Gasteiger partial charge on any atom is 0.222 e. The fraction of sp³-hybridized carbons (Fsp3) is 0.773. The van der Waals surface area contributed by atoms with Gasteiger partial charge in [-0.25, -0.2) is 0 Å². The van der Waals surface area contributed by atoms with Crippen LogP contribution in [-0.4, -0.2) is 90.0 Å². The Kier molecular flexibility index (Phi) is 7.24. The van der Waals surface area contributed by atoms with Crippen molar-refractivity contribution in [1.82, 2.24) is 24.9 Å². The highest BCUT2D eigenvalue weighted by Gasteiger charge is 2.51. The van der Waals surface area contributed by atoms with Crippen molar-refractivity contribution in [3.8, 4) is 0 Å². The van der Waals surface area contributed by atoms with Crippen molar-refractivity contribution < 1.29 is 19.1 Å². The molecule has 3 aliphatic heterocycles. The van der Waals surface area contributed by atoms with E-state index in [0.717, 1.165) is 44.7 Å². The lowest BCUT2D eigenvalue weighted by atomic mass is 9.84. The highest BCUT2D eigenvalue weighted by molar-refractivity contribution is 5.77. The van der Waals surface area contributed by atoms with Crippen LogP contribution >= 0.6 is 0 Å². The Hall–Kier alpha value is -1.97. The monoisotopic (exact) mass is 433 g/mol. The first-order valence-corrected chi connectivity index (χ1v) is 11.4. The molecule has 0 unspecified atom stereocenters. The van der Waals surface area contributed by atoms with Crippen molar-refractivity contribution in [3.63, 3.8) is 0 Å². The fourth-order valence-electron chi connectivity index (χ4n) is 5.43. The van der Waals surface area contributed by atoms with Crippen molar-refractivity contribution in [1.29, 1.82) is 0 Å². The normalized spacial score (nSPS) is 28.3. The summed E-state index contributed by atoms with van der Waals surface area (Å²) in [4.78, 5) is 29.8. The second kappa shape index (κ2) is 10.1. The SMILES string of the molecule is COCCNC(=O)C[C@@H]1OC[C@@H]2[C@H]1[C@H](CC(=O)N1CCCC1)CN2Cc1ccnn1C. The highest BCUT2D eigenvalue weighted by atomic mass is 16.5. The summed E-state index contributed by atoms with van der Waals surface area (Å²) in [6.45, 7) is 4.98. The molecule has 0 spiro atoms. The molecule has 9 heteroatoms. The molecule has 3 saturated heterocycles. The van der Waals surface area contributed by atoms with E-state index in [2.05, 4.69) is 15.3 Å². The fourth-order valence-corrected chi connectivity index (χ4v) is 5.43. The molecule has 31 heavy (non-hydrogen) atoms. The highest BCUT2D eigenvalue weighted by Crippen LogP contribution is 2.42. The van der Waals surface area contributed by atoms with E-state index in [4.69, 9.17) is 9.47 Å². The Balaban J connectivity index is 1.44. The molecule has 0 bridgehead atoms. The van der Waals surface area contributed by atoms with Crippen LogP contribution in [0.3, 0.4) is 0 Å². The summed E-state index contributed by atoms with van der Waals surface area (Å²) < 4.78 is 13.0. The molecule has 0 radical (unpaired) electrons.